The third-order valence-corrected chi connectivity index (χ3v) is 4.37. The Morgan fingerprint density at radius 3 is 1.27 bits per heavy atom. The van der Waals surface area contributed by atoms with Gasteiger partial charge in [0.15, 0.2) is 7.14 Å². The number of hydrogen-bond donors (Lipinski definition) is 0. The Morgan fingerprint density at radius 1 is 0.600 bits per heavy atom. The van der Waals surface area contributed by atoms with Gasteiger partial charge in [-0.2, -0.15) is 0 Å². The van der Waals surface area contributed by atoms with Crippen molar-refractivity contribution in [1.29, 1.82) is 0 Å². The Hall–Kier alpha value is -1.27. The number of terminal acetylenes is 1. The van der Waals surface area contributed by atoms with Crippen LogP contribution in [0, 0.1) is 20.0 Å². The van der Waals surface area contributed by atoms with Crippen LogP contribution in [-0.2, 0) is 0 Å². The second-order valence-corrected chi connectivity index (χ2v) is 5.72. The minimum atomic E-state index is 0.0287. The molecule has 2 rings (SSSR count). The van der Waals surface area contributed by atoms with E-state index < -0.39 is 0 Å². The molecule has 0 aliphatic heterocycles. The fourth-order valence-corrected chi connectivity index (χ4v) is 3.35. The number of halogens is 1. The summed E-state index contributed by atoms with van der Waals surface area (Å²) in [5, 5.41) is 0. The summed E-state index contributed by atoms with van der Waals surface area (Å²) in [6.45, 7) is 0. The van der Waals surface area contributed by atoms with E-state index in [2.05, 4.69) is 73.5 Å². The van der Waals surface area contributed by atoms with Gasteiger partial charge in [-0.1, -0.05) is 36.4 Å². The molecule has 0 heterocycles. The molecule has 15 heavy (non-hydrogen) atoms. The molecule has 0 aliphatic rings. The van der Waals surface area contributed by atoms with Crippen LogP contribution in [0.3, 0.4) is 0 Å². The van der Waals surface area contributed by atoms with Gasteiger partial charge in [0.1, 0.15) is 0 Å². The topological polar surface area (TPSA) is 0 Å². The summed E-state index contributed by atoms with van der Waals surface area (Å²) in [6.07, 6.45) is 8.00. The van der Waals surface area contributed by atoms with Crippen LogP contribution in [0.2, 0.25) is 0 Å². The van der Waals surface area contributed by atoms with Gasteiger partial charge in [0, 0.05) is 0 Å². The minimum absolute atomic E-state index is 0.0287. The zero-order valence-electron chi connectivity index (χ0n) is 8.31. The summed E-state index contributed by atoms with van der Waals surface area (Å²) < 4.78 is 2.96. The van der Waals surface area contributed by atoms with Crippen molar-refractivity contribution < 1.29 is 21.2 Å². The lowest BCUT2D eigenvalue weighted by Crippen LogP contribution is -3.61. The van der Waals surface area contributed by atoms with E-state index in [1.807, 2.05) is 0 Å². The lowest BCUT2D eigenvalue weighted by molar-refractivity contribution is -0.597. The third kappa shape index (κ3) is 4.18. The van der Waals surface area contributed by atoms with Gasteiger partial charge in [0.05, 0.1) is 0 Å². The Kier molecular flexibility index (Phi) is 5.57. The van der Waals surface area contributed by atoms with Crippen molar-refractivity contribution in [3.8, 4) is 12.8 Å². The first kappa shape index (κ1) is 11.8. The molecule has 0 saturated heterocycles. The molecule has 0 amide bonds. The van der Waals surface area contributed by atoms with Crippen LogP contribution in [0.5, 0.6) is 0 Å². The van der Waals surface area contributed by atoms with Crippen LogP contribution >= 0.6 is 0 Å². The highest BCUT2D eigenvalue weighted by atomic mass is 127. The Bertz CT molecular complexity index is 352. The van der Waals surface area contributed by atoms with Gasteiger partial charge < -0.3 is 0 Å². The van der Waals surface area contributed by atoms with Crippen molar-refractivity contribution in [1.82, 2.24) is 0 Å². The average molecular weight is 307 g/mol. The van der Waals surface area contributed by atoms with Crippen molar-refractivity contribution in [2.24, 2.45) is 0 Å². The fraction of sp³-hybridized carbons (Fsp3) is 0. The van der Waals surface area contributed by atoms with Gasteiger partial charge >= 0.3 is 21.2 Å². The molecule has 2 aromatic carbocycles. The Labute approximate surface area is 102 Å². The van der Waals surface area contributed by atoms with E-state index >= 15 is 0 Å². The normalized spacial score (nSPS) is 8.67. The van der Waals surface area contributed by atoms with E-state index in [0.29, 0.717) is 0 Å². The maximum absolute atomic E-state index is 4.00. The highest BCUT2D eigenvalue weighted by Gasteiger charge is 2.12. The summed E-state index contributed by atoms with van der Waals surface area (Å²) in [5.41, 5.74) is 0. The van der Waals surface area contributed by atoms with Gasteiger partial charge in [-0.3, -0.25) is 0 Å². The summed E-state index contributed by atoms with van der Waals surface area (Å²) in [4.78, 5) is 0. The van der Waals surface area contributed by atoms with Gasteiger partial charge in [-0.05, 0) is 24.3 Å². The second-order valence-electron chi connectivity index (χ2n) is 2.69. The molecular formula is C14H12I+. The largest absolute Gasteiger partial charge is 0.357 e. The molecule has 0 aromatic heterocycles. The molecule has 0 N–H and O–H groups in total. The van der Waals surface area contributed by atoms with Crippen molar-refractivity contribution in [2.75, 3.05) is 0 Å². The maximum atomic E-state index is 4.00. The fourth-order valence-electron chi connectivity index (χ4n) is 1.08. The van der Waals surface area contributed by atoms with Crippen LogP contribution in [0.4, 0.5) is 0 Å². The van der Waals surface area contributed by atoms with Crippen molar-refractivity contribution in [2.45, 2.75) is 0 Å². The van der Waals surface area contributed by atoms with Gasteiger partial charge in [-0.25, -0.2) is 0 Å². The van der Waals surface area contributed by atoms with E-state index in [4.69, 9.17) is 0 Å². The molecule has 0 radical (unpaired) electrons. The van der Waals surface area contributed by atoms with Crippen molar-refractivity contribution in [3.63, 3.8) is 0 Å². The molecule has 0 saturated carbocycles. The van der Waals surface area contributed by atoms with Crippen LogP contribution in [0.25, 0.3) is 0 Å². The first-order valence-corrected chi connectivity index (χ1v) is 6.69. The van der Waals surface area contributed by atoms with Gasteiger partial charge in [-0.15, -0.1) is 12.8 Å². The Morgan fingerprint density at radius 2 is 0.933 bits per heavy atom. The first-order chi connectivity index (χ1) is 7.45. The SMILES string of the molecule is C#C.c1ccc([I+]c2ccccc2)cc1. The van der Waals surface area contributed by atoms with E-state index in [9.17, 15) is 0 Å². The molecule has 0 nitrogen and oxygen atoms in total. The first-order valence-electron chi connectivity index (χ1n) is 4.53. The lowest BCUT2D eigenvalue weighted by Gasteiger charge is -1.84. The van der Waals surface area contributed by atoms with Crippen LogP contribution in [-0.4, -0.2) is 0 Å². The van der Waals surface area contributed by atoms with E-state index in [-0.39, 0.29) is 21.2 Å². The van der Waals surface area contributed by atoms with E-state index in [1.165, 1.54) is 7.14 Å². The van der Waals surface area contributed by atoms with Crippen LogP contribution in [0.1, 0.15) is 0 Å². The standard InChI is InChI=1S/C12H10I.C2H2/c1-3-7-11(8-4-1)13-12-9-5-2-6-10-12;1-2/h1-10H;1-2H/q+1;. The number of hydrogen-bond acceptors (Lipinski definition) is 0. The molecular weight excluding hydrogens is 295 g/mol. The minimum Gasteiger partial charge on any atom is -0.124 e. The molecule has 0 aliphatic carbocycles. The molecule has 1 heteroatoms. The summed E-state index contributed by atoms with van der Waals surface area (Å²) in [6, 6.07) is 21.4. The summed E-state index contributed by atoms with van der Waals surface area (Å²) in [7, 11) is 0. The van der Waals surface area contributed by atoms with E-state index in [0.717, 1.165) is 0 Å². The second kappa shape index (κ2) is 7.08. The van der Waals surface area contributed by atoms with Gasteiger partial charge in [0.25, 0.3) is 0 Å². The molecule has 0 spiro atoms. The predicted molar refractivity (Wildman–Crippen MR) is 60.2 cm³/mol. The highest BCUT2D eigenvalue weighted by Crippen LogP contribution is 1.85. The van der Waals surface area contributed by atoms with Crippen LogP contribution < -0.4 is 21.2 Å². The number of rotatable bonds is 2. The van der Waals surface area contributed by atoms with Crippen LogP contribution in [0.15, 0.2) is 60.7 Å². The van der Waals surface area contributed by atoms with Gasteiger partial charge in [0.2, 0.25) is 0 Å². The molecule has 2 aromatic rings. The summed E-state index contributed by atoms with van der Waals surface area (Å²) >= 11 is 0.0287. The molecule has 74 valence electrons. The predicted octanol–water partition coefficient (Wildman–Crippen LogP) is 0.0644. The zero-order valence-corrected chi connectivity index (χ0v) is 10.5. The highest BCUT2D eigenvalue weighted by molar-refractivity contribution is 5.02. The third-order valence-electron chi connectivity index (χ3n) is 1.68. The molecule has 0 unspecified atom stereocenters. The number of benzene rings is 2. The maximum Gasteiger partial charge on any atom is 0.357 e. The van der Waals surface area contributed by atoms with Crippen molar-refractivity contribution >= 4 is 0 Å². The molecule has 0 atom stereocenters. The zero-order chi connectivity index (χ0) is 10.9. The van der Waals surface area contributed by atoms with Crippen molar-refractivity contribution in [3.05, 3.63) is 67.8 Å². The quantitative estimate of drug-likeness (QED) is 0.544. The smallest absolute Gasteiger partial charge is 0.124 e. The Balaban J connectivity index is 0.000000531. The summed E-state index contributed by atoms with van der Waals surface area (Å²) in [5.74, 6) is 0. The monoisotopic (exact) mass is 307 g/mol. The lowest BCUT2D eigenvalue weighted by atomic mass is 10.4. The van der Waals surface area contributed by atoms with E-state index in [1.54, 1.807) is 0 Å². The average Bonchev–Trinajstić information content (AvgIpc) is 2.34. The molecule has 0 bridgehead atoms. The molecule has 0 fully saturated rings.